The highest BCUT2D eigenvalue weighted by molar-refractivity contribution is 5.94. The minimum absolute atomic E-state index is 0.142. The minimum Gasteiger partial charge on any atom is -0.481 e. The van der Waals surface area contributed by atoms with E-state index >= 15 is 0 Å². The molecular formula is C14H13N3O4. The van der Waals surface area contributed by atoms with E-state index in [1.165, 1.54) is 19.4 Å². The Bertz CT molecular complexity index is 656. The molecule has 108 valence electrons. The maximum atomic E-state index is 11.6. The first-order chi connectivity index (χ1) is 10.1. The van der Waals surface area contributed by atoms with E-state index in [1.807, 2.05) is 6.07 Å². The predicted octanol–water partition coefficient (Wildman–Crippen LogP) is 0.967. The van der Waals surface area contributed by atoms with Crippen LogP contribution in [0.15, 0.2) is 36.7 Å². The van der Waals surface area contributed by atoms with Crippen molar-refractivity contribution in [3.63, 3.8) is 0 Å². The highest BCUT2D eigenvalue weighted by atomic mass is 16.5. The van der Waals surface area contributed by atoms with E-state index in [0.29, 0.717) is 5.88 Å². The van der Waals surface area contributed by atoms with Gasteiger partial charge in [-0.3, -0.25) is 14.6 Å². The van der Waals surface area contributed by atoms with E-state index in [9.17, 15) is 9.59 Å². The molecular weight excluding hydrogens is 274 g/mol. The minimum atomic E-state index is -1.11. The zero-order chi connectivity index (χ0) is 15.2. The highest BCUT2D eigenvalue weighted by Gasteiger charge is 2.11. The van der Waals surface area contributed by atoms with Crippen molar-refractivity contribution in [1.29, 1.82) is 0 Å². The fourth-order valence-corrected chi connectivity index (χ4v) is 1.71. The van der Waals surface area contributed by atoms with Gasteiger partial charge in [0.15, 0.2) is 0 Å². The van der Waals surface area contributed by atoms with Gasteiger partial charge in [0, 0.05) is 23.5 Å². The molecule has 2 N–H and O–H groups in total. The van der Waals surface area contributed by atoms with Crippen LogP contribution in [0.3, 0.4) is 0 Å². The molecule has 0 aromatic carbocycles. The number of carbonyl (C=O) groups is 2. The van der Waals surface area contributed by atoms with Crippen LogP contribution in [-0.2, 0) is 4.79 Å². The molecule has 0 aliphatic carbocycles. The summed E-state index contributed by atoms with van der Waals surface area (Å²) in [5, 5.41) is 10.7. The zero-order valence-electron chi connectivity index (χ0n) is 11.2. The van der Waals surface area contributed by atoms with Crippen LogP contribution < -0.4 is 10.1 Å². The van der Waals surface area contributed by atoms with Crippen LogP contribution in [0.5, 0.6) is 5.88 Å². The maximum absolute atomic E-state index is 11.6. The summed E-state index contributed by atoms with van der Waals surface area (Å²) < 4.78 is 5.16. The molecule has 0 aliphatic rings. The summed E-state index contributed by atoms with van der Waals surface area (Å²) in [4.78, 5) is 30.1. The van der Waals surface area contributed by atoms with Crippen molar-refractivity contribution in [1.82, 2.24) is 15.3 Å². The van der Waals surface area contributed by atoms with Gasteiger partial charge in [0.2, 0.25) is 5.88 Å². The number of aromatic nitrogens is 2. The molecule has 0 unspecified atom stereocenters. The number of methoxy groups -OCH3 is 1. The van der Waals surface area contributed by atoms with Crippen LogP contribution in [0.25, 0.3) is 11.1 Å². The van der Waals surface area contributed by atoms with Crippen LogP contribution in [0.2, 0.25) is 0 Å². The number of carboxylic acid groups (broad SMARTS) is 1. The number of ether oxygens (including phenoxy) is 1. The topological polar surface area (TPSA) is 101 Å². The van der Waals surface area contributed by atoms with E-state index in [1.54, 1.807) is 18.3 Å². The Balaban J connectivity index is 2.19. The number of rotatable bonds is 5. The molecule has 0 spiro atoms. The van der Waals surface area contributed by atoms with Crippen molar-refractivity contribution in [2.75, 3.05) is 13.7 Å². The van der Waals surface area contributed by atoms with Gasteiger partial charge in [-0.25, -0.2) is 4.98 Å². The Hall–Kier alpha value is -2.96. The molecule has 2 aromatic heterocycles. The number of aliphatic carboxylic acids is 1. The third-order valence-corrected chi connectivity index (χ3v) is 2.67. The first-order valence-corrected chi connectivity index (χ1v) is 6.07. The quantitative estimate of drug-likeness (QED) is 0.849. The fraction of sp³-hybridized carbons (Fsp3) is 0.143. The van der Waals surface area contributed by atoms with Crippen molar-refractivity contribution in [2.24, 2.45) is 0 Å². The standard InChI is InChI=1S/C14H13N3O4/c1-21-14-10(3-2-6-15-14)9-4-5-11(16-7-9)13(20)17-8-12(18)19/h2-7H,8H2,1H3,(H,17,20)(H,18,19). The van der Waals surface area contributed by atoms with Gasteiger partial charge >= 0.3 is 5.97 Å². The molecule has 0 atom stereocenters. The third-order valence-electron chi connectivity index (χ3n) is 2.67. The van der Waals surface area contributed by atoms with Gasteiger partial charge in [0.05, 0.1) is 7.11 Å². The van der Waals surface area contributed by atoms with Gasteiger partial charge in [0.25, 0.3) is 5.91 Å². The Morgan fingerprint density at radius 2 is 2.10 bits per heavy atom. The number of nitrogens with zero attached hydrogens (tertiary/aromatic N) is 2. The second-order valence-corrected chi connectivity index (χ2v) is 4.07. The molecule has 0 bridgehead atoms. The molecule has 0 saturated heterocycles. The number of carboxylic acids is 1. The Labute approximate surface area is 120 Å². The summed E-state index contributed by atoms with van der Waals surface area (Å²) in [6.45, 7) is -0.446. The lowest BCUT2D eigenvalue weighted by Gasteiger charge is -2.07. The Morgan fingerprint density at radius 1 is 1.29 bits per heavy atom. The number of pyridine rings is 2. The van der Waals surface area contributed by atoms with E-state index in [2.05, 4.69) is 15.3 Å². The van der Waals surface area contributed by atoms with Gasteiger partial charge in [-0.2, -0.15) is 0 Å². The molecule has 21 heavy (non-hydrogen) atoms. The summed E-state index contributed by atoms with van der Waals surface area (Å²) in [6, 6.07) is 6.81. The number of carbonyl (C=O) groups excluding carboxylic acids is 1. The first-order valence-electron chi connectivity index (χ1n) is 6.07. The second-order valence-electron chi connectivity index (χ2n) is 4.07. The van der Waals surface area contributed by atoms with Gasteiger partial charge in [0.1, 0.15) is 12.2 Å². The lowest BCUT2D eigenvalue weighted by molar-refractivity contribution is -0.135. The molecule has 1 amide bonds. The van der Waals surface area contributed by atoms with Crippen molar-refractivity contribution in [3.8, 4) is 17.0 Å². The SMILES string of the molecule is COc1ncccc1-c1ccc(C(=O)NCC(=O)O)nc1. The molecule has 0 saturated carbocycles. The summed E-state index contributed by atoms with van der Waals surface area (Å²) in [6.07, 6.45) is 3.12. The molecule has 2 heterocycles. The fourth-order valence-electron chi connectivity index (χ4n) is 1.71. The Morgan fingerprint density at radius 3 is 2.71 bits per heavy atom. The van der Waals surface area contributed by atoms with Crippen molar-refractivity contribution in [2.45, 2.75) is 0 Å². The van der Waals surface area contributed by atoms with Gasteiger partial charge in [-0.05, 0) is 18.2 Å². The average Bonchev–Trinajstić information content (AvgIpc) is 2.52. The highest BCUT2D eigenvalue weighted by Crippen LogP contribution is 2.26. The zero-order valence-corrected chi connectivity index (χ0v) is 11.2. The normalized spacial score (nSPS) is 9.95. The summed E-state index contributed by atoms with van der Waals surface area (Å²) >= 11 is 0. The number of amides is 1. The largest absolute Gasteiger partial charge is 0.481 e. The van der Waals surface area contributed by atoms with Crippen LogP contribution in [0.1, 0.15) is 10.5 Å². The van der Waals surface area contributed by atoms with E-state index in [0.717, 1.165) is 11.1 Å². The maximum Gasteiger partial charge on any atom is 0.322 e. The van der Waals surface area contributed by atoms with Crippen LogP contribution in [-0.4, -0.2) is 40.6 Å². The van der Waals surface area contributed by atoms with E-state index in [4.69, 9.17) is 9.84 Å². The predicted molar refractivity (Wildman–Crippen MR) is 74.0 cm³/mol. The van der Waals surface area contributed by atoms with Crippen molar-refractivity contribution in [3.05, 3.63) is 42.4 Å². The van der Waals surface area contributed by atoms with Crippen molar-refractivity contribution < 1.29 is 19.4 Å². The number of hydrogen-bond acceptors (Lipinski definition) is 5. The third kappa shape index (κ3) is 3.53. The molecule has 0 radical (unpaired) electrons. The second kappa shape index (κ2) is 6.47. The summed E-state index contributed by atoms with van der Waals surface area (Å²) in [7, 11) is 1.52. The number of hydrogen-bond donors (Lipinski definition) is 2. The van der Waals surface area contributed by atoms with Gasteiger partial charge in [-0.1, -0.05) is 6.07 Å². The molecule has 7 heteroatoms. The molecule has 2 aromatic rings. The number of nitrogens with one attached hydrogen (secondary N) is 1. The molecule has 0 fully saturated rings. The van der Waals surface area contributed by atoms with Crippen molar-refractivity contribution >= 4 is 11.9 Å². The smallest absolute Gasteiger partial charge is 0.322 e. The summed E-state index contributed by atoms with van der Waals surface area (Å²) in [5.74, 6) is -1.19. The average molecular weight is 287 g/mol. The monoisotopic (exact) mass is 287 g/mol. The summed E-state index contributed by atoms with van der Waals surface area (Å²) in [5.41, 5.74) is 1.64. The van der Waals surface area contributed by atoms with Gasteiger partial charge in [-0.15, -0.1) is 0 Å². The Kier molecular flexibility index (Phi) is 4.45. The van der Waals surface area contributed by atoms with Crippen LogP contribution in [0, 0.1) is 0 Å². The molecule has 7 nitrogen and oxygen atoms in total. The van der Waals surface area contributed by atoms with Crippen LogP contribution in [0.4, 0.5) is 0 Å². The lowest BCUT2D eigenvalue weighted by atomic mass is 10.1. The first kappa shape index (κ1) is 14.4. The van der Waals surface area contributed by atoms with E-state index in [-0.39, 0.29) is 5.69 Å². The van der Waals surface area contributed by atoms with Gasteiger partial charge < -0.3 is 15.2 Å². The van der Waals surface area contributed by atoms with E-state index < -0.39 is 18.4 Å². The lowest BCUT2D eigenvalue weighted by Crippen LogP contribution is -2.29. The van der Waals surface area contributed by atoms with Crippen LogP contribution >= 0.6 is 0 Å². The molecule has 0 aliphatic heterocycles. The molecule has 2 rings (SSSR count).